The van der Waals surface area contributed by atoms with Crippen molar-refractivity contribution in [3.05, 3.63) is 53.8 Å². The van der Waals surface area contributed by atoms with Crippen LogP contribution >= 0.6 is 0 Å². The van der Waals surface area contributed by atoms with E-state index in [1.54, 1.807) is 22.5 Å². The summed E-state index contributed by atoms with van der Waals surface area (Å²) in [6, 6.07) is 6.84. The first kappa shape index (κ1) is 29.9. The number of hydrogen-bond donors (Lipinski definition) is 0. The van der Waals surface area contributed by atoms with Crippen molar-refractivity contribution in [1.82, 2.24) is 4.31 Å². The molecule has 0 radical (unpaired) electrons. The van der Waals surface area contributed by atoms with E-state index in [1.807, 2.05) is 19.1 Å². The van der Waals surface area contributed by atoms with Crippen molar-refractivity contribution >= 4 is 18.3 Å². The minimum absolute atomic E-state index is 0.173. The predicted molar refractivity (Wildman–Crippen MR) is 151 cm³/mol. The summed E-state index contributed by atoms with van der Waals surface area (Å²) in [5.41, 5.74) is 3.45. The Bertz CT molecular complexity index is 971. The quantitative estimate of drug-likeness (QED) is 0.219. The Labute approximate surface area is 217 Å². The van der Waals surface area contributed by atoms with Crippen LogP contribution in [0.2, 0.25) is 16.6 Å². The summed E-state index contributed by atoms with van der Waals surface area (Å²) in [7, 11) is -6.04. The lowest BCUT2D eigenvalue weighted by atomic mass is 9.78. The van der Waals surface area contributed by atoms with Gasteiger partial charge in [-0.05, 0) is 72.9 Å². The normalized spacial score (nSPS) is 20.0. The molecular formula is C29H49NO3SSi. The first-order chi connectivity index (χ1) is 16.2. The molecule has 0 heterocycles. The van der Waals surface area contributed by atoms with Gasteiger partial charge in [0.25, 0.3) is 8.32 Å². The van der Waals surface area contributed by atoms with Gasteiger partial charge >= 0.3 is 0 Å². The van der Waals surface area contributed by atoms with Crippen LogP contribution in [0.1, 0.15) is 80.7 Å². The van der Waals surface area contributed by atoms with Crippen molar-refractivity contribution in [2.75, 3.05) is 6.54 Å². The standard InChI is InChI=1S/C29H49NO3SSi/c1-12-19-30(34(31,32)26-16-13-24(10)14-17-26)28-27(20(2)3)18-15-25(11)29(28)33-35(21(4)5,22(6)7)23(8)9/h12-14,16-17,20-23,27-28H,1,15,18-19H2,2-11H3/t27-,28+/m1/s1. The van der Waals surface area contributed by atoms with Crippen molar-refractivity contribution in [3.8, 4) is 0 Å². The number of rotatable bonds is 11. The molecule has 35 heavy (non-hydrogen) atoms. The Morgan fingerprint density at radius 2 is 1.51 bits per heavy atom. The average Bonchev–Trinajstić information content (AvgIpc) is 2.75. The Morgan fingerprint density at radius 1 is 1.00 bits per heavy atom. The van der Waals surface area contributed by atoms with Gasteiger partial charge < -0.3 is 4.43 Å². The second kappa shape index (κ2) is 11.8. The summed E-state index contributed by atoms with van der Waals surface area (Å²) in [6.45, 7) is 26.4. The molecule has 1 aromatic carbocycles. The highest BCUT2D eigenvalue weighted by atomic mass is 32.2. The van der Waals surface area contributed by atoms with E-state index in [1.165, 1.54) is 5.57 Å². The van der Waals surface area contributed by atoms with Gasteiger partial charge in [0.15, 0.2) is 0 Å². The van der Waals surface area contributed by atoms with Gasteiger partial charge in [-0.25, -0.2) is 8.42 Å². The van der Waals surface area contributed by atoms with Crippen molar-refractivity contribution in [2.45, 2.75) is 110 Å². The highest BCUT2D eigenvalue weighted by molar-refractivity contribution is 7.89. The summed E-state index contributed by atoms with van der Waals surface area (Å²) in [4.78, 5) is 0.329. The maximum absolute atomic E-state index is 14.1. The third-order valence-corrected chi connectivity index (χ3v) is 15.9. The predicted octanol–water partition coefficient (Wildman–Crippen LogP) is 8.07. The fourth-order valence-electron chi connectivity index (χ4n) is 6.18. The maximum atomic E-state index is 14.1. The molecule has 1 aliphatic carbocycles. The summed E-state index contributed by atoms with van der Waals surface area (Å²) in [6.07, 6.45) is 3.61. The summed E-state index contributed by atoms with van der Waals surface area (Å²) in [5.74, 6) is 1.41. The van der Waals surface area contributed by atoms with Gasteiger partial charge in [-0.1, -0.05) is 79.2 Å². The van der Waals surface area contributed by atoms with Crippen molar-refractivity contribution in [1.29, 1.82) is 0 Å². The second-order valence-corrected chi connectivity index (χ2v) is 18.9. The topological polar surface area (TPSA) is 46.6 Å². The van der Waals surface area contributed by atoms with Gasteiger partial charge in [0.1, 0.15) is 0 Å². The smallest absolute Gasteiger partial charge is 0.258 e. The Morgan fingerprint density at radius 3 is 1.94 bits per heavy atom. The molecule has 0 saturated carbocycles. The minimum atomic E-state index is -3.76. The van der Waals surface area contributed by atoms with E-state index in [9.17, 15) is 8.42 Å². The van der Waals surface area contributed by atoms with Crippen LogP contribution in [0, 0.1) is 18.8 Å². The van der Waals surface area contributed by atoms with Crippen molar-refractivity contribution in [3.63, 3.8) is 0 Å². The molecule has 0 spiro atoms. The molecule has 0 N–H and O–H groups in total. The van der Waals surface area contributed by atoms with Crippen LogP contribution in [-0.2, 0) is 14.4 Å². The largest absolute Gasteiger partial charge is 0.544 e. The maximum Gasteiger partial charge on any atom is 0.258 e. The molecule has 0 unspecified atom stereocenters. The van der Waals surface area contributed by atoms with E-state index < -0.39 is 18.3 Å². The van der Waals surface area contributed by atoms with Crippen LogP contribution in [0.5, 0.6) is 0 Å². The lowest BCUT2D eigenvalue weighted by Gasteiger charge is -2.49. The van der Waals surface area contributed by atoms with Gasteiger partial charge in [0.2, 0.25) is 10.0 Å². The molecule has 0 bridgehead atoms. The molecule has 1 aromatic rings. The molecule has 2 rings (SSSR count). The zero-order chi connectivity index (χ0) is 26.7. The number of hydrogen-bond acceptors (Lipinski definition) is 3. The molecule has 198 valence electrons. The number of nitrogens with zero attached hydrogens (tertiary/aromatic N) is 1. The zero-order valence-corrected chi connectivity index (χ0v) is 25.6. The monoisotopic (exact) mass is 519 g/mol. The van der Waals surface area contributed by atoms with Crippen LogP contribution in [0.3, 0.4) is 0 Å². The molecule has 0 fully saturated rings. The number of benzene rings is 1. The van der Waals surface area contributed by atoms with Gasteiger partial charge in [-0.3, -0.25) is 0 Å². The molecular weight excluding hydrogens is 470 g/mol. The SMILES string of the molecule is C=CCN([C@@H]1C(O[Si](C(C)C)(C(C)C)C(C)C)=C(C)CC[C@@H]1C(C)C)S(=O)(=O)c1ccc(C)cc1. The summed E-state index contributed by atoms with van der Waals surface area (Å²) in [5, 5.41) is 0. The van der Waals surface area contributed by atoms with Crippen LogP contribution in [-0.4, -0.2) is 33.6 Å². The van der Waals surface area contributed by atoms with Crippen LogP contribution in [0.25, 0.3) is 0 Å². The van der Waals surface area contributed by atoms with Gasteiger partial charge in [-0.2, -0.15) is 4.31 Å². The van der Waals surface area contributed by atoms with Gasteiger partial charge in [0.05, 0.1) is 16.7 Å². The van der Waals surface area contributed by atoms with E-state index in [4.69, 9.17) is 4.43 Å². The molecule has 0 saturated heterocycles. The first-order valence-corrected chi connectivity index (χ1v) is 16.9. The van der Waals surface area contributed by atoms with Crippen LogP contribution < -0.4 is 0 Å². The molecule has 0 aliphatic heterocycles. The fourth-order valence-corrected chi connectivity index (χ4v) is 13.2. The molecule has 1 aliphatic rings. The Kier molecular flexibility index (Phi) is 10.1. The van der Waals surface area contributed by atoms with E-state index in [-0.39, 0.29) is 18.5 Å². The van der Waals surface area contributed by atoms with Crippen LogP contribution in [0.4, 0.5) is 0 Å². The lowest BCUT2D eigenvalue weighted by molar-refractivity contribution is 0.152. The van der Waals surface area contributed by atoms with Crippen molar-refractivity contribution < 1.29 is 12.8 Å². The number of sulfonamides is 1. The van der Waals surface area contributed by atoms with E-state index >= 15 is 0 Å². The minimum Gasteiger partial charge on any atom is -0.544 e. The molecule has 0 amide bonds. The molecule has 0 aromatic heterocycles. The molecule has 6 heteroatoms. The third-order valence-electron chi connectivity index (χ3n) is 8.04. The lowest BCUT2D eigenvalue weighted by Crippen LogP contribution is -2.54. The zero-order valence-electron chi connectivity index (χ0n) is 23.8. The highest BCUT2D eigenvalue weighted by Crippen LogP contribution is 2.48. The third kappa shape index (κ3) is 5.97. The fraction of sp³-hybridized carbons (Fsp3) is 0.655. The molecule has 4 nitrogen and oxygen atoms in total. The van der Waals surface area contributed by atoms with E-state index in [2.05, 4.69) is 68.9 Å². The van der Waals surface area contributed by atoms with Crippen molar-refractivity contribution in [2.24, 2.45) is 11.8 Å². The first-order valence-electron chi connectivity index (χ1n) is 13.3. The number of aryl methyl sites for hydroxylation is 1. The summed E-state index contributed by atoms with van der Waals surface area (Å²) < 4.78 is 37.3. The average molecular weight is 520 g/mol. The Balaban J connectivity index is 2.76. The highest BCUT2D eigenvalue weighted by Gasteiger charge is 2.51. The van der Waals surface area contributed by atoms with Gasteiger partial charge in [0, 0.05) is 6.54 Å². The summed E-state index contributed by atoms with van der Waals surface area (Å²) >= 11 is 0. The second-order valence-electron chi connectivity index (χ2n) is 11.6. The number of allylic oxidation sites excluding steroid dienone is 1. The van der Waals surface area contributed by atoms with Gasteiger partial charge in [-0.15, -0.1) is 6.58 Å². The van der Waals surface area contributed by atoms with E-state index in [0.717, 1.165) is 24.2 Å². The van der Waals surface area contributed by atoms with E-state index in [0.29, 0.717) is 27.4 Å². The van der Waals surface area contributed by atoms with Crippen LogP contribution in [0.15, 0.2) is 53.1 Å². The molecule has 2 atom stereocenters. The Hall–Kier alpha value is -1.37.